The van der Waals surface area contributed by atoms with Crippen molar-refractivity contribution >= 4 is 11.8 Å². The number of aliphatic carboxylic acids is 1. The Morgan fingerprint density at radius 3 is 2.36 bits per heavy atom. The third-order valence-corrected chi connectivity index (χ3v) is 9.10. The van der Waals surface area contributed by atoms with Crippen LogP contribution in [0.5, 0.6) is 0 Å². The van der Waals surface area contributed by atoms with Crippen LogP contribution in [-0.4, -0.2) is 39.3 Å². The largest absolute Gasteiger partial charge is 0.481 e. The summed E-state index contributed by atoms with van der Waals surface area (Å²) in [6, 6.07) is 0. The quantitative estimate of drug-likeness (QED) is 0.675. The molecule has 5 nitrogen and oxygen atoms in total. The molecule has 0 aliphatic heterocycles. The first-order valence-corrected chi connectivity index (χ1v) is 9.63. The van der Waals surface area contributed by atoms with Gasteiger partial charge in [-0.2, -0.15) is 0 Å². The van der Waals surface area contributed by atoms with E-state index < -0.39 is 34.4 Å². The fourth-order valence-electron chi connectivity index (χ4n) is 7.57. The molecule has 0 saturated heterocycles. The summed E-state index contributed by atoms with van der Waals surface area (Å²) >= 11 is 0. The van der Waals surface area contributed by atoms with Crippen molar-refractivity contribution in [1.82, 2.24) is 0 Å². The van der Waals surface area contributed by atoms with E-state index in [2.05, 4.69) is 0 Å². The summed E-state index contributed by atoms with van der Waals surface area (Å²) in [5, 5.41) is 32.1. The molecule has 0 aromatic carbocycles. The minimum absolute atomic E-state index is 0.00208. The van der Waals surface area contributed by atoms with Crippen LogP contribution in [0.4, 0.5) is 0 Å². The first-order valence-electron chi connectivity index (χ1n) is 9.63. The number of hydrogen-bond acceptors (Lipinski definition) is 4. The second-order valence-electron chi connectivity index (χ2n) is 10.1. The molecule has 4 saturated carbocycles. The SMILES string of the molecule is C[C@@]12CCC3[C@@](CC1=O)(C2)[C@@H](O)CC1[C@@]3(C)[C@@H](O)CC[C@@]1(C)C(=O)O. The number of ketones is 1. The Kier molecular flexibility index (Phi) is 3.40. The molecule has 0 amide bonds. The van der Waals surface area contributed by atoms with Crippen LogP contribution >= 0.6 is 0 Å². The molecule has 4 rings (SSSR count). The Bertz CT molecular complexity index is 646. The third-order valence-electron chi connectivity index (χ3n) is 9.10. The van der Waals surface area contributed by atoms with Gasteiger partial charge in [0.25, 0.3) is 0 Å². The van der Waals surface area contributed by atoms with Crippen LogP contribution in [0.2, 0.25) is 0 Å². The minimum Gasteiger partial charge on any atom is -0.481 e. The van der Waals surface area contributed by atoms with E-state index in [0.29, 0.717) is 32.1 Å². The molecule has 140 valence electrons. The number of hydrogen-bond donors (Lipinski definition) is 3. The lowest BCUT2D eigenvalue weighted by Gasteiger charge is -2.66. The van der Waals surface area contributed by atoms with Gasteiger partial charge in [0.05, 0.1) is 17.6 Å². The fourth-order valence-corrected chi connectivity index (χ4v) is 7.57. The molecule has 8 atom stereocenters. The van der Waals surface area contributed by atoms with Gasteiger partial charge in [-0.3, -0.25) is 9.59 Å². The summed E-state index contributed by atoms with van der Waals surface area (Å²) in [6.07, 6.45) is 2.69. The molecule has 4 fully saturated rings. The van der Waals surface area contributed by atoms with Gasteiger partial charge in [0.2, 0.25) is 0 Å². The molecule has 4 aliphatic rings. The Labute approximate surface area is 148 Å². The highest BCUT2D eigenvalue weighted by Crippen LogP contribution is 2.72. The van der Waals surface area contributed by atoms with Crippen molar-refractivity contribution in [1.29, 1.82) is 0 Å². The zero-order chi connectivity index (χ0) is 18.4. The van der Waals surface area contributed by atoms with Crippen LogP contribution in [0, 0.1) is 33.5 Å². The summed E-state index contributed by atoms with van der Waals surface area (Å²) in [4.78, 5) is 24.8. The van der Waals surface area contributed by atoms with Crippen molar-refractivity contribution in [2.24, 2.45) is 33.5 Å². The molecular weight excluding hydrogens is 320 g/mol. The maximum absolute atomic E-state index is 12.7. The van der Waals surface area contributed by atoms with E-state index in [4.69, 9.17) is 0 Å². The average molecular weight is 350 g/mol. The summed E-state index contributed by atoms with van der Waals surface area (Å²) in [5.74, 6) is -0.863. The summed E-state index contributed by atoms with van der Waals surface area (Å²) < 4.78 is 0. The van der Waals surface area contributed by atoms with Gasteiger partial charge < -0.3 is 15.3 Å². The highest BCUT2D eigenvalue weighted by atomic mass is 16.4. The number of aliphatic hydroxyl groups is 2. The fraction of sp³-hybridized carbons (Fsp3) is 0.900. The molecule has 0 heterocycles. The van der Waals surface area contributed by atoms with Crippen molar-refractivity contribution in [3.8, 4) is 0 Å². The Balaban J connectivity index is 1.84. The minimum atomic E-state index is -0.931. The lowest BCUT2D eigenvalue weighted by Crippen LogP contribution is -2.67. The van der Waals surface area contributed by atoms with E-state index in [1.54, 1.807) is 6.92 Å². The van der Waals surface area contributed by atoms with Crippen molar-refractivity contribution in [2.75, 3.05) is 0 Å². The highest BCUT2D eigenvalue weighted by Gasteiger charge is 2.72. The Morgan fingerprint density at radius 1 is 1.04 bits per heavy atom. The number of fused-ring (bicyclic) bond motifs is 3. The standard InChI is InChI=1S/C20H30O5/c1-17-6-4-11-19(3)12(18(2,16(24)25)7-5-13(19)21)8-14(22)20(11,10-17)9-15(17)23/h11-14,21-22H,4-10H2,1-3H3,(H,24,25)/t11?,12?,13-,14-,17-,18+,19-,20+/m0/s1. The van der Waals surface area contributed by atoms with Gasteiger partial charge >= 0.3 is 5.97 Å². The van der Waals surface area contributed by atoms with E-state index in [9.17, 15) is 24.9 Å². The topological polar surface area (TPSA) is 94.8 Å². The third kappa shape index (κ3) is 1.86. The van der Waals surface area contributed by atoms with Crippen LogP contribution < -0.4 is 0 Å². The van der Waals surface area contributed by atoms with Gasteiger partial charge in [0.1, 0.15) is 5.78 Å². The molecule has 4 aliphatic carbocycles. The van der Waals surface area contributed by atoms with E-state index in [1.807, 2.05) is 13.8 Å². The number of aliphatic hydroxyl groups excluding tert-OH is 2. The predicted octanol–water partition coefficient (Wildman–Crippen LogP) is 2.38. The van der Waals surface area contributed by atoms with Gasteiger partial charge in [0, 0.05) is 22.7 Å². The molecule has 3 N–H and O–H groups in total. The van der Waals surface area contributed by atoms with Crippen molar-refractivity contribution in [3.05, 3.63) is 0 Å². The maximum atomic E-state index is 12.7. The lowest BCUT2D eigenvalue weighted by atomic mass is 9.39. The van der Waals surface area contributed by atoms with Gasteiger partial charge in [0.15, 0.2) is 0 Å². The van der Waals surface area contributed by atoms with Gasteiger partial charge in [-0.15, -0.1) is 0 Å². The number of carbonyl (C=O) groups is 2. The molecule has 5 heteroatoms. The second-order valence-corrected chi connectivity index (χ2v) is 10.1. The molecule has 0 aromatic rings. The number of carboxylic acids is 1. The van der Waals surface area contributed by atoms with Crippen LogP contribution in [-0.2, 0) is 9.59 Å². The second kappa shape index (κ2) is 4.86. The molecule has 25 heavy (non-hydrogen) atoms. The van der Waals surface area contributed by atoms with Crippen LogP contribution in [0.25, 0.3) is 0 Å². The zero-order valence-corrected chi connectivity index (χ0v) is 15.4. The predicted molar refractivity (Wildman–Crippen MR) is 90.7 cm³/mol. The summed E-state index contributed by atoms with van der Waals surface area (Å²) in [5.41, 5.74) is -2.32. The molecule has 2 unspecified atom stereocenters. The van der Waals surface area contributed by atoms with E-state index in [0.717, 1.165) is 12.8 Å². The van der Waals surface area contributed by atoms with Gasteiger partial charge in [-0.05, 0) is 57.3 Å². The zero-order valence-electron chi connectivity index (χ0n) is 15.4. The molecule has 1 spiro atoms. The molecule has 0 aromatic heterocycles. The van der Waals surface area contributed by atoms with Crippen LogP contribution in [0.1, 0.15) is 65.7 Å². The number of carbonyl (C=O) groups excluding carboxylic acids is 1. The molecule has 2 bridgehead atoms. The summed E-state index contributed by atoms with van der Waals surface area (Å²) in [7, 11) is 0. The molecule has 0 radical (unpaired) electrons. The normalized spacial score (nSPS) is 57.7. The van der Waals surface area contributed by atoms with Crippen molar-refractivity contribution < 1.29 is 24.9 Å². The lowest BCUT2D eigenvalue weighted by molar-refractivity contribution is -0.241. The first kappa shape index (κ1) is 17.5. The number of rotatable bonds is 1. The Hall–Kier alpha value is -0.940. The van der Waals surface area contributed by atoms with Crippen molar-refractivity contribution in [3.63, 3.8) is 0 Å². The van der Waals surface area contributed by atoms with Gasteiger partial charge in [-0.1, -0.05) is 13.8 Å². The monoisotopic (exact) mass is 350 g/mol. The number of Topliss-reactive ketones (excluding diaryl/α,β-unsaturated/α-hetero) is 1. The summed E-state index contributed by atoms with van der Waals surface area (Å²) in [6.45, 7) is 5.83. The van der Waals surface area contributed by atoms with Crippen LogP contribution in [0.15, 0.2) is 0 Å². The van der Waals surface area contributed by atoms with Crippen molar-refractivity contribution in [2.45, 2.75) is 77.9 Å². The highest BCUT2D eigenvalue weighted by molar-refractivity contribution is 5.88. The average Bonchev–Trinajstić information content (AvgIpc) is 2.73. The Morgan fingerprint density at radius 2 is 1.72 bits per heavy atom. The smallest absolute Gasteiger partial charge is 0.309 e. The maximum Gasteiger partial charge on any atom is 0.309 e. The molecular formula is C20H30O5. The van der Waals surface area contributed by atoms with Gasteiger partial charge in [-0.25, -0.2) is 0 Å². The van der Waals surface area contributed by atoms with Crippen LogP contribution in [0.3, 0.4) is 0 Å². The van der Waals surface area contributed by atoms with E-state index in [-0.39, 0.29) is 23.0 Å². The van der Waals surface area contributed by atoms with E-state index >= 15 is 0 Å². The number of carboxylic acid groups (broad SMARTS) is 1. The van der Waals surface area contributed by atoms with E-state index in [1.165, 1.54) is 0 Å². The first-order chi connectivity index (χ1) is 11.5.